The fourth-order valence-electron chi connectivity index (χ4n) is 3.35. The van der Waals surface area contributed by atoms with Crippen LogP contribution in [0.2, 0.25) is 0 Å². The zero-order chi connectivity index (χ0) is 11.6. The molecule has 2 aliphatic rings. The van der Waals surface area contributed by atoms with E-state index in [9.17, 15) is 13.2 Å². The highest BCUT2D eigenvalue weighted by Crippen LogP contribution is 2.64. The molecular weight excluding hydrogens is 216 g/mol. The van der Waals surface area contributed by atoms with Crippen LogP contribution in [-0.4, -0.2) is 24.0 Å². The van der Waals surface area contributed by atoms with Crippen molar-refractivity contribution < 1.29 is 17.8 Å². The standard InChI is InChI=1S/C10H16O4S/c1-9(2)6-4-5-10(9,3)8(11)7(6)15(12,13)14/h6-7H,4-5H2,1-3H3,(H,12,13,14)/t6?,7-,10?/m0/s1. The zero-order valence-corrected chi connectivity index (χ0v) is 9.97. The molecule has 0 aromatic rings. The van der Waals surface area contributed by atoms with Gasteiger partial charge in [-0.2, -0.15) is 8.42 Å². The van der Waals surface area contributed by atoms with Gasteiger partial charge in [0.15, 0.2) is 5.78 Å². The van der Waals surface area contributed by atoms with E-state index in [0.717, 1.165) is 6.42 Å². The Morgan fingerprint density at radius 1 is 1.33 bits per heavy atom. The predicted octanol–water partition coefficient (Wildman–Crippen LogP) is 1.27. The van der Waals surface area contributed by atoms with E-state index in [-0.39, 0.29) is 17.1 Å². The maximum absolute atomic E-state index is 12.0. The van der Waals surface area contributed by atoms with Gasteiger partial charge in [0.1, 0.15) is 5.25 Å². The van der Waals surface area contributed by atoms with Crippen LogP contribution in [-0.2, 0) is 14.9 Å². The molecular formula is C10H16O4S. The van der Waals surface area contributed by atoms with Crippen molar-refractivity contribution in [3.8, 4) is 0 Å². The first-order valence-electron chi connectivity index (χ1n) is 5.13. The number of ketones is 1. The summed E-state index contributed by atoms with van der Waals surface area (Å²) < 4.78 is 31.5. The molecule has 3 atom stereocenters. The SMILES string of the molecule is CC12CCC([C@H](S(=O)(=O)O)C1=O)C2(C)C. The number of hydrogen-bond acceptors (Lipinski definition) is 3. The molecule has 15 heavy (non-hydrogen) atoms. The van der Waals surface area contributed by atoms with Gasteiger partial charge in [0, 0.05) is 5.41 Å². The number of fused-ring (bicyclic) bond motifs is 2. The molecule has 2 rings (SSSR count). The van der Waals surface area contributed by atoms with Crippen LogP contribution in [0.3, 0.4) is 0 Å². The van der Waals surface area contributed by atoms with Crippen molar-refractivity contribution in [2.45, 2.75) is 38.9 Å². The third-order valence-corrected chi connectivity index (χ3v) is 5.98. The third kappa shape index (κ3) is 1.11. The van der Waals surface area contributed by atoms with Gasteiger partial charge in [-0.25, -0.2) is 0 Å². The van der Waals surface area contributed by atoms with Gasteiger partial charge in [0.05, 0.1) is 0 Å². The molecule has 0 aliphatic heterocycles. The largest absolute Gasteiger partial charge is 0.297 e. The lowest BCUT2D eigenvalue weighted by molar-refractivity contribution is -0.128. The highest BCUT2D eigenvalue weighted by atomic mass is 32.2. The van der Waals surface area contributed by atoms with Crippen LogP contribution >= 0.6 is 0 Å². The van der Waals surface area contributed by atoms with Gasteiger partial charge in [-0.15, -0.1) is 0 Å². The molecule has 2 saturated carbocycles. The van der Waals surface area contributed by atoms with Gasteiger partial charge in [-0.3, -0.25) is 9.35 Å². The van der Waals surface area contributed by atoms with Crippen LogP contribution in [0.15, 0.2) is 0 Å². The van der Waals surface area contributed by atoms with Crippen molar-refractivity contribution in [3.05, 3.63) is 0 Å². The fourth-order valence-corrected chi connectivity index (χ4v) is 4.77. The average molecular weight is 232 g/mol. The Kier molecular flexibility index (Phi) is 1.94. The lowest BCUT2D eigenvalue weighted by atomic mass is 9.70. The molecule has 2 aliphatic carbocycles. The quantitative estimate of drug-likeness (QED) is 0.691. The molecule has 0 aromatic carbocycles. The molecule has 5 heteroatoms. The van der Waals surface area contributed by atoms with E-state index in [1.807, 2.05) is 20.8 Å². The maximum Gasteiger partial charge on any atom is 0.275 e. The number of hydrogen-bond donors (Lipinski definition) is 1. The third-order valence-electron chi connectivity index (χ3n) is 4.79. The molecule has 2 unspecified atom stereocenters. The Morgan fingerprint density at radius 2 is 1.87 bits per heavy atom. The van der Waals surface area contributed by atoms with Crippen molar-refractivity contribution in [3.63, 3.8) is 0 Å². The summed E-state index contributed by atoms with van der Waals surface area (Å²) in [7, 11) is -4.24. The first-order chi connectivity index (χ1) is 6.62. The van der Waals surface area contributed by atoms with Crippen LogP contribution in [0.4, 0.5) is 0 Å². The van der Waals surface area contributed by atoms with Gasteiger partial charge >= 0.3 is 0 Å². The highest BCUT2D eigenvalue weighted by molar-refractivity contribution is 7.87. The minimum atomic E-state index is -4.24. The Balaban J connectivity index is 2.57. The topological polar surface area (TPSA) is 71.4 Å². The molecule has 0 heterocycles. The molecule has 2 bridgehead atoms. The summed E-state index contributed by atoms with van der Waals surface area (Å²) in [6.45, 7) is 5.67. The molecule has 86 valence electrons. The summed E-state index contributed by atoms with van der Waals surface area (Å²) in [6.07, 6.45) is 1.44. The van der Waals surface area contributed by atoms with Crippen LogP contribution in [0.5, 0.6) is 0 Å². The van der Waals surface area contributed by atoms with E-state index in [1.54, 1.807) is 0 Å². The number of Topliss-reactive ketones (excluding diaryl/α,β-unsaturated/α-hetero) is 1. The number of carbonyl (C=O) groups is 1. The smallest absolute Gasteiger partial charge is 0.275 e. The minimum absolute atomic E-state index is 0.231. The van der Waals surface area contributed by atoms with Gasteiger partial charge in [-0.05, 0) is 24.2 Å². The molecule has 0 radical (unpaired) electrons. The Labute approximate surface area is 89.8 Å². The molecule has 2 fully saturated rings. The monoisotopic (exact) mass is 232 g/mol. The highest BCUT2D eigenvalue weighted by Gasteiger charge is 2.69. The molecule has 0 amide bonds. The lowest BCUT2D eigenvalue weighted by Crippen LogP contribution is -2.38. The van der Waals surface area contributed by atoms with E-state index in [4.69, 9.17) is 4.55 Å². The van der Waals surface area contributed by atoms with Crippen molar-refractivity contribution in [1.82, 2.24) is 0 Å². The molecule has 0 spiro atoms. The Hall–Kier alpha value is -0.420. The Morgan fingerprint density at radius 3 is 2.13 bits per heavy atom. The maximum atomic E-state index is 12.0. The molecule has 4 nitrogen and oxygen atoms in total. The Bertz CT molecular complexity index is 423. The second-order valence-corrected chi connectivity index (χ2v) is 7.04. The summed E-state index contributed by atoms with van der Waals surface area (Å²) >= 11 is 0. The fraction of sp³-hybridized carbons (Fsp3) is 0.900. The van der Waals surface area contributed by atoms with E-state index in [2.05, 4.69) is 0 Å². The second kappa shape index (κ2) is 2.63. The normalized spacial score (nSPS) is 43.6. The second-order valence-electron chi connectivity index (χ2n) is 5.50. The van der Waals surface area contributed by atoms with Crippen molar-refractivity contribution in [1.29, 1.82) is 0 Å². The van der Waals surface area contributed by atoms with E-state index >= 15 is 0 Å². The van der Waals surface area contributed by atoms with E-state index < -0.39 is 20.8 Å². The number of carbonyl (C=O) groups excluding carboxylic acids is 1. The average Bonchev–Trinajstić information content (AvgIpc) is 2.33. The summed E-state index contributed by atoms with van der Waals surface area (Å²) in [5.41, 5.74) is -0.914. The van der Waals surface area contributed by atoms with Gasteiger partial charge in [0.25, 0.3) is 10.1 Å². The summed E-state index contributed by atoms with van der Waals surface area (Å²) in [4.78, 5) is 12.0. The summed E-state index contributed by atoms with van der Waals surface area (Å²) in [6, 6.07) is 0. The van der Waals surface area contributed by atoms with E-state index in [0.29, 0.717) is 6.42 Å². The predicted molar refractivity (Wildman–Crippen MR) is 55.0 cm³/mol. The first kappa shape index (κ1) is 11.1. The van der Waals surface area contributed by atoms with Gasteiger partial charge in [0.2, 0.25) is 0 Å². The van der Waals surface area contributed by atoms with E-state index in [1.165, 1.54) is 0 Å². The number of rotatable bonds is 1. The van der Waals surface area contributed by atoms with Gasteiger partial charge in [-0.1, -0.05) is 20.8 Å². The zero-order valence-electron chi connectivity index (χ0n) is 9.15. The van der Waals surface area contributed by atoms with Crippen LogP contribution in [0.1, 0.15) is 33.6 Å². The molecule has 1 N–H and O–H groups in total. The van der Waals surface area contributed by atoms with Crippen LogP contribution in [0.25, 0.3) is 0 Å². The van der Waals surface area contributed by atoms with Crippen LogP contribution < -0.4 is 0 Å². The lowest BCUT2D eigenvalue weighted by Gasteiger charge is -2.32. The van der Waals surface area contributed by atoms with Crippen molar-refractivity contribution in [2.75, 3.05) is 0 Å². The van der Waals surface area contributed by atoms with Crippen LogP contribution in [0, 0.1) is 16.7 Å². The molecule has 0 saturated heterocycles. The summed E-state index contributed by atoms with van der Waals surface area (Å²) in [5.74, 6) is -0.531. The van der Waals surface area contributed by atoms with Crippen molar-refractivity contribution in [2.24, 2.45) is 16.7 Å². The van der Waals surface area contributed by atoms with Crippen molar-refractivity contribution >= 4 is 15.9 Å². The summed E-state index contributed by atoms with van der Waals surface area (Å²) in [5, 5.41) is -1.19. The van der Waals surface area contributed by atoms with Gasteiger partial charge < -0.3 is 0 Å². The minimum Gasteiger partial charge on any atom is -0.297 e. The molecule has 0 aromatic heterocycles. The first-order valence-corrected chi connectivity index (χ1v) is 6.63.